The number of rotatable bonds is 6. The summed E-state index contributed by atoms with van der Waals surface area (Å²) in [4.78, 5) is 6.30. The smallest absolute Gasteiger partial charge is 0.228 e. The van der Waals surface area contributed by atoms with Gasteiger partial charge in [0, 0.05) is 26.0 Å². The zero-order valence-electron chi connectivity index (χ0n) is 12.7. The summed E-state index contributed by atoms with van der Waals surface area (Å²) in [5.74, 6) is 0.488. The van der Waals surface area contributed by atoms with Crippen molar-refractivity contribution in [2.75, 3.05) is 32.2 Å². The number of anilines is 1. The van der Waals surface area contributed by atoms with Crippen LogP contribution in [0, 0.1) is 0 Å². The van der Waals surface area contributed by atoms with Crippen LogP contribution in [-0.2, 0) is 0 Å². The maximum Gasteiger partial charge on any atom is 0.228 e. The molecular formula is C17H19BrN2O2. The van der Waals surface area contributed by atoms with Crippen LogP contribution in [-0.4, -0.2) is 37.4 Å². The Morgan fingerprint density at radius 1 is 1.18 bits per heavy atom. The quantitative estimate of drug-likeness (QED) is 0.854. The van der Waals surface area contributed by atoms with Gasteiger partial charge in [0.15, 0.2) is 0 Å². The van der Waals surface area contributed by atoms with E-state index in [2.05, 4.69) is 50.1 Å². The van der Waals surface area contributed by atoms with Crippen molar-refractivity contribution in [2.45, 2.75) is 0 Å². The van der Waals surface area contributed by atoms with Gasteiger partial charge in [-0.05, 0) is 45.3 Å². The highest BCUT2D eigenvalue weighted by Gasteiger charge is 2.03. The fraction of sp³-hybridized carbons (Fsp3) is 0.235. The average Bonchev–Trinajstić information content (AvgIpc) is 2.52. The van der Waals surface area contributed by atoms with Crippen molar-refractivity contribution < 1.29 is 9.84 Å². The Morgan fingerprint density at radius 3 is 2.45 bits per heavy atom. The third kappa shape index (κ3) is 4.58. The molecule has 22 heavy (non-hydrogen) atoms. The topological polar surface area (TPSA) is 45.6 Å². The van der Waals surface area contributed by atoms with Gasteiger partial charge >= 0.3 is 0 Å². The SMILES string of the molecule is CN(C)c1ccc(C=Cc2cnc(OCCO)c(Br)c2)cc1. The number of benzene rings is 1. The van der Waals surface area contributed by atoms with Gasteiger partial charge < -0.3 is 14.7 Å². The van der Waals surface area contributed by atoms with Crippen LogP contribution in [0.4, 0.5) is 5.69 Å². The first-order chi connectivity index (χ1) is 10.6. The Bertz CT molecular complexity index is 640. The van der Waals surface area contributed by atoms with Crippen molar-refractivity contribution in [3.8, 4) is 5.88 Å². The number of aromatic nitrogens is 1. The van der Waals surface area contributed by atoms with Crippen molar-refractivity contribution in [3.05, 3.63) is 52.1 Å². The zero-order chi connectivity index (χ0) is 15.9. The second kappa shape index (κ2) is 7.96. The van der Waals surface area contributed by atoms with Crippen LogP contribution in [0.2, 0.25) is 0 Å². The molecule has 0 bridgehead atoms. The molecule has 0 amide bonds. The van der Waals surface area contributed by atoms with Crippen LogP contribution in [0.1, 0.15) is 11.1 Å². The van der Waals surface area contributed by atoms with E-state index in [0.29, 0.717) is 5.88 Å². The van der Waals surface area contributed by atoms with Gasteiger partial charge in [-0.2, -0.15) is 0 Å². The Morgan fingerprint density at radius 2 is 1.86 bits per heavy atom. The van der Waals surface area contributed by atoms with Gasteiger partial charge in [0.1, 0.15) is 6.61 Å². The number of hydrogen-bond acceptors (Lipinski definition) is 4. The maximum absolute atomic E-state index is 8.75. The van der Waals surface area contributed by atoms with E-state index in [1.165, 1.54) is 5.69 Å². The third-order valence-electron chi connectivity index (χ3n) is 3.04. The second-order valence-electron chi connectivity index (χ2n) is 4.95. The van der Waals surface area contributed by atoms with Gasteiger partial charge in [-0.25, -0.2) is 4.98 Å². The average molecular weight is 363 g/mol. The molecule has 2 aromatic rings. The molecule has 0 saturated carbocycles. The van der Waals surface area contributed by atoms with E-state index in [-0.39, 0.29) is 13.2 Å². The lowest BCUT2D eigenvalue weighted by Gasteiger charge is -2.11. The molecule has 0 spiro atoms. The molecule has 2 rings (SSSR count). The molecule has 0 radical (unpaired) electrons. The second-order valence-corrected chi connectivity index (χ2v) is 5.80. The number of aliphatic hydroxyl groups is 1. The van der Waals surface area contributed by atoms with E-state index in [0.717, 1.165) is 15.6 Å². The number of pyridine rings is 1. The van der Waals surface area contributed by atoms with Crippen LogP contribution in [0.25, 0.3) is 12.2 Å². The molecule has 0 atom stereocenters. The highest BCUT2D eigenvalue weighted by Crippen LogP contribution is 2.24. The van der Waals surface area contributed by atoms with Crippen LogP contribution in [0.5, 0.6) is 5.88 Å². The number of ether oxygens (including phenoxy) is 1. The van der Waals surface area contributed by atoms with Gasteiger partial charge in [-0.15, -0.1) is 0 Å². The first kappa shape index (κ1) is 16.5. The normalized spacial score (nSPS) is 10.9. The van der Waals surface area contributed by atoms with Gasteiger partial charge in [-0.3, -0.25) is 0 Å². The number of hydrogen-bond donors (Lipinski definition) is 1. The summed E-state index contributed by atoms with van der Waals surface area (Å²) in [6.45, 7) is 0.206. The molecule has 116 valence electrons. The fourth-order valence-corrected chi connectivity index (χ4v) is 2.34. The molecule has 1 heterocycles. The zero-order valence-corrected chi connectivity index (χ0v) is 14.2. The van der Waals surface area contributed by atoms with Gasteiger partial charge in [-0.1, -0.05) is 24.3 Å². The summed E-state index contributed by atoms with van der Waals surface area (Å²) in [5, 5.41) is 8.75. The Kier molecular flexibility index (Phi) is 5.98. The summed E-state index contributed by atoms with van der Waals surface area (Å²) in [6.07, 6.45) is 5.78. The van der Waals surface area contributed by atoms with E-state index in [1.54, 1.807) is 6.20 Å². The summed E-state index contributed by atoms with van der Waals surface area (Å²) >= 11 is 3.42. The van der Waals surface area contributed by atoms with Crippen LogP contribution in [0.15, 0.2) is 41.0 Å². The fourth-order valence-electron chi connectivity index (χ4n) is 1.86. The van der Waals surface area contributed by atoms with Crippen molar-refractivity contribution in [1.82, 2.24) is 4.98 Å². The van der Waals surface area contributed by atoms with Crippen LogP contribution >= 0.6 is 15.9 Å². The van der Waals surface area contributed by atoms with Crippen LogP contribution < -0.4 is 9.64 Å². The minimum atomic E-state index is -0.0290. The van der Waals surface area contributed by atoms with Gasteiger partial charge in [0.2, 0.25) is 5.88 Å². The summed E-state index contributed by atoms with van der Waals surface area (Å²) in [5.41, 5.74) is 3.27. The van der Waals surface area contributed by atoms with E-state index in [1.807, 2.05) is 32.3 Å². The monoisotopic (exact) mass is 362 g/mol. The molecule has 5 heteroatoms. The van der Waals surface area contributed by atoms with Crippen molar-refractivity contribution >= 4 is 33.8 Å². The molecule has 0 unspecified atom stereocenters. The predicted octanol–water partition coefficient (Wildman–Crippen LogP) is 3.45. The maximum atomic E-state index is 8.75. The number of nitrogens with zero attached hydrogens (tertiary/aromatic N) is 2. The van der Waals surface area contributed by atoms with E-state index in [4.69, 9.17) is 9.84 Å². The number of aliphatic hydroxyl groups excluding tert-OH is 1. The lowest BCUT2D eigenvalue weighted by Crippen LogP contribution is -2.07. The lowest BCUT2D eigenvalue weighted by molar-refractivity contribution is 0.196. The van der Waals surface area contributed by atoms with Crippen LogP contribution in [0.3, 0.4) is 0 Å². The van der Waals surface area contributed by atoms with Gasteiger partial charge in [0.05, 0.1) is 11.1 Å². The van der Waals surface area contributed by atoms with Crippen molar-refractivity contribution in [1.29, 1.82) is 0 Å². The van der Waals surface area contributed by atoms with E-state index >= 15 is 0 Å². The number of halogens is 1. The Balaban J connectivity index is 2.07. The largest absolute Gasteiger partial charge is 0.474 e. The van der Waals surface area contributed by atoms with Gasteiger partial charge in [0.25, 0.3) is 0 Å². The molecule has 4 nitrogen and oxygen atoms in total. The van der Waals surface area contributed by atoms with E-state index < -0.39 is 0 Å². The molecule has 1 aromatic heterocycles. The molecule has 1 N–H and O–H groups in total. The molecule has 0 aliphatic heterocycles. The molecule has 0 fully saturated rings. The van der Waals surface area contributed by atoms with Crippen molar-refractivity contribution in [3.63, 3.8) is 0 Å². The molecule has 0 aliphatic rings. The lowest BCUT2D eigenvalue weighted by atomic mass is 10.1. The summed E-state index contributed by atoms with van der Waals surface area (Å²) in [7, 11) is 4.04. The first-order valence-electron chi connectivity index (χ1n) is 6.95. The predicted molar refractivity (Wildman–Crippen MR) is 94.2 cm³/mol. The minimum Gasteiger partial charge on any atom is -0.474 e. The highest BCUT2D eigenvalue weighted by atomic mass is 79.9. The third-order valence-corrected chi connectivity index (χ3v) is 3.60. The Labute approximate surface area is 139 Å². The standard InChI is InChI=1S/C17H19BrN2O2/c1-20(2)15-7-5-13(6-8-15)3-4-14-11-16(18)17(19-12-14)22-10-9-21/h3-8,11-12,21H,9-10H2,1-2H3. The molecule has 1 aromatic carbocycles. The molecule has 0 saturated heterocycles. The summed E-state index contributed by atoms with van der Waals surface area (Å²) < 4.78 is 6.07. The first-order valence-corrected chi connectivity index (χ1v) is 7.74. The minimum absolute atomic E-state index is 0.0290. The molecule has 0 aliphatic carbocycles. The Hall–Kier alpha value is -1.85. The van der Waals surface area contributed by atoms with E-state index in [9.17, 15) is 0 Å². The highest BCUT2D eigenvalue weighted by molar-refractivity contribution is 9.10. The van der Waals surface area contributed by atoms with Crippen molar-refractivity contribution in [2.24, 2.45) is 0 Å². The summed E-state index contributed by atoms with van der Waals surface area (Å²) in [6, 6.07) is 10.3. The molecular weight excluding hydrogens is 344 g/mol.